The third kappa shape index (κ3) is 4.34. The Kier molecular flexibility index (Phi) is 4.48. The molecule has 2 rings (SSSR count). The lowest BCUT2D eigenvalue weighted by molar-refractivity contribution is 0.312. The first-order valence-corrected chi connectivity index (χ1v) is 7.40. The summed E-state index contributed by atoms with van der Waals surface area (Å²) in [5.74, 6) is 2.43. The lowest BCUT2D eigenvalue weighted by Gasteiger charge is -2.33. The van der Waals surface area contributed by atoms with E-state index in [1.807, 2.05) is 6.07 Å². The molecule has 0 bridgehead atoms. The topological polar surface area (TPSA) is 58.3 Å². The standard InChI is InChI=1S/C15H27N5/c1-15(2,3)6-5-13-17-12(16)11-14(18-13)20-9-7-19(4)8-10-20/h11H,5-10H2,1-4H3,(H2,16,17,18). The minimum atomic E-state index is 0.294. The van der Waals surface area contributed by atoms with Crippen molar-refractivity contribution in [1.82, 2.24) is 14.9 Å². The maximum absolute atomic E-state index is 5.94. The van der Waals surface area contributed by atoms with Gasteiger partial charge in [-0.3, -0.25) is 0 Å². The van der Waals surface area contributed by atoms with Crippen LogP contribution in [0, 0.1) is 5.41 Å². The van der Waals surface area contributed by atoms with Crippen molar-refractivity contribution in [3.8, 4) is 0 Å². The van der Waals surface area contributed by atoms with Crippen molar-refractivity contribution in [2.24, 2.45) is 5.41 Å². The van der Waals surface area contributed by atoms with Crippen molar-refractivity contribution in [2.45, 2.75) is 33.6 Å². The first kappa shape index (κ1) is 15.0. The van der Waals surface area contributed by atoms with E-state index in [0.29, 0.717) is 11.2 Å². The molecule has 2 heterocycles. The molecule has 112 valence electrons. The summed E-state index contributed by atoms with van der Waals surface area (Å²) in [5.41, 5.74) is 6.24. The van der Waals surface area contributed by atoms with Crippen molar-refractivity contribution in [3.05, 3.63) is 11.9 Å². The Hall–Kier alpha value is -1.36. The van der Waals surface area contributed by atoms with Gasteiger partial charge < -0.3 is 15.5 Å². The zero-order valence-corrected chi connectivity index (χ0v) is 13.2. The fourth-order valence-electron chi connectivity index (χ4n) is 2.30. The van der Waals surface area contributed by atoms with Crippen molar-refractivity contribution in [2.75, 3.05) is 43.9 Å². The highest BCUT2D eigenvalue weighted by atomic mass is 15.3. The van der Waals surface area contributed by atoms with Crippen LogP contribution in [0.25, 0.3) is 0 Å². The number of aryl methyl sites for hydroxylation is 1. The van der Waals surface area contributed by atoms with Crippen LogP contribution in [0.5, 0.6) is 0 Å². The van der Waals surface area contributed by atoms with E-state index < -0.39 is 0 Å². The maximum Gasteiger partial charge on any atom is 0.134 e. The molecule has 0 saturated carbocycles. The molecule has 5 heteroatoms. The van der Waals surface area contributed by atoms with Gasteiger partial charge in [-0.25, -0.2) is 9.97 Å². The highest BCUT2D eigenvalue weighted by Crippen LogP contribution is 2.22. The van der Waals surface area contributed by atoms with E-state index in [1.165, 1.54) is 0 Å². The Morgan fingerprint density at radius 3 is 2.40 bits per heavy atom. The first-order valence-electron chi connectivity index (χ1n) is 7.40. The van der Waals surface area contributed by atoms with Crippen LogP contribution in [-0.4, -0.2) is 48.1 Å². The molecule has 1 aliphatic heterocycles. The van der Waals surface area contributed by atoms with E-state index in [-0.39, 0.29) is 0 Å². The monoisotopic (exact) mass is 277 g/mol. The molecule has 2 N–H and O–H groups in total. The van der Waals surface area contributed by atoms with Gasteiger partial charge in [-0.2, -0.15) is 0 Å². The van der Waals surface area contributed by atoms with Gasteiger partial charge in [0, 0.05) is 38.7 Å². The molecular formula is C15H27N5. The summed E-state index contributed by atoms with van der Waals surface area (Å²) in [6, 6.07) is 1.89. The molecule has 1 saturated heterocycles. The predicted molar refractivity (Wildman–Crippen MR) is 83.9 cm³/mol. The van der Waals surface area contributed by atoms with Crippen LogP contribution in [0.1, 0.15) is 33.0 Å². The molecule has 1 aromatic rings. The normalized spacial score (nSPS) is 17.5. The van der Waals surface area contributed by atoms with Crippen molar-refractivity contribution >= 4 is 11.6 Å². The number of nitrogens with two attached hydrogens (primary N) is 1. The number of piperazine rings is 1. The summed E-state index contributed by atoms with van der Waals surface area (Å²) in [5, 5.41) is 0. The number of nitrogens with zero attached hydrogens (tertiary/aromatic N) is 4. The third-order valence-corrected chi connectivity index (χ3v) is 3.70. The minimum absolute atomic E-state index is 0.294. The highest BCUT2D eigenvalue weighted by molar-refractivity contribution is 5.47. The molecule has 0 radical (unpaired) electrons. The molecule has 1 aromatic heterocycles. The fraction of sp³-hybridized carbons (Fsp3) is 0.733. The van der Waals surface area contributed by atoms with Gasteiger partial charge in [0.25, 0.3) is 0 Å². The summed E-state index contributed by atoms with van der Waals surface area (Å²) in [6.45, 7) is 10.9. The second-order valence-electron chi connectivity index (χ2n) is 6.92. The molecule has 20 heavy (non-hydrogen) atoms. The molecule has 0 spiro atoms. The van der Waals surface area contributed by atoms with Gasteiger partial charge in [-0.15, -0.1) is 0 Å². The SMILES string of the molecule is CN1CCN(c2cc(N)nc(CCC(C)(C)C)n2)CC1. The average molecular weight is 277 g/mol. The quantitative estimate of drug-likeness (QED) is 0.913. The summed E-state index contributed by atoms with van der Waals surface area (Å²) < 4.78 is 0. The number of aromatic nitrogens is 2. The van der Waals surface area contributed by atoms with Crippen LogP contribution >= 0.6 is 0 Å². The van der Waals surface area contributed by atoms with Gasteiger partial charge in [0.2, 0.25) is 0 Å². The van der Waals surface area contributed by atoms with Crippen LogP contribution in [0.3, 0.4) is 0 Å². The Morgan fingerprint density at radius 2 is 1.80 bits per heavy atom. The van der Waals surface area contributed by atoms with Gasteiger partial charge >= 0.3 is 0 Å². The molecule has 0 aliphatic carbocycles. The van der Waals surface area contributed by atoms with E-state index in [4.69, 9.17) is 10.7 Å². The average Bonchev–Trinajstić information content (AvgIpc) is 2.36. The fourth-order valence-corrected chi connectivity index (χ4v) is 2.30. The van der Waals surface area contributed by atoms with Gasteiger partial charge in [-0.05, 0) is 18.9 Å². The maximum atomic E-state index is 5.94. The second-order valence-corrected chi connectivity index (χ2v) is 6.92. The molecule has 1 fully saturated rings. The number of likely N-dealkylation sites (N-methyl/N-ethyl adjacent to an activating group) is 1. The van der Waals surface area contributed by atoms with Gasteiger partial charge in [0.15, 0.2) is 0 Å². The second kappa shape index (κ2) is 5.95. The van der Waals surface area contributed by atoms with Crippen LogP contribution < -0.4 is 10.6 Å². The van der Waals surface area contributed by atoms with E-state index >= 15 is 0 Å². The summed E-state index contributed by atoms with van der Waals surface area (Å²) in [7, 11) is 2.15. The summed E-state index contributed by atoms with van der Waals surface area (Å²) >= 11 is 0. The molecule has 1 aliphatic rings. The Balaban J connectivity index is 2.08. The Morgan fingerprint density at radius 1 is 1.15 bits per heavy atom. The zero-order valence-electron chi connectivity index (χ0n) is 13.2. The molecule has 0 amide bonds. The van der Waals surface area contributed by atoms with Gasteiger partial charge in [-0.1, -0.05) is 20.8 Å². The van der Waals surface area contributed by atoms with Crippen LogP contribution in [0.4, 0.5) is 11.6 Å². The van der Waals surface area contributed by atoms with E-state index in [9.17, 15) is 0 Å². The zero-order chi connectivity index (χ0) is 14.8. The van der Waals surface area contributed by atoms with E-state index in [1.54, 1.807) is 0 Å². The number of anilines is 2. The van der Waals surface area contributed by atoms with Gasteiger partial charge in [0.05, 0.1) is 0 Å². The highest BCUT2D eigenvalue weighted by Gasteiger charge is 2.17. The van der Waals surface area contributed by atoms with Crippen LogP contribution in [-0.2, 0) is 6.42 Å². The van der Waals surface area contributed by atoms with Crippen molar-refractivity contribution in [3.63, 3.8) is 0 Å². The number of hydrogen-bond acceptors (Lipinski definition) is 5. The number of nitrogen functional groups attached to an aromatic ring is 1. The van der Waals surface area contributed by atoms with Gasteiger partial charge in [0.1, 0.15) is 17.5 Å². The molecule has 0 atom stereocenters. The van der Waals surface area contributed by atoms with E-state index in [2.05, 4.69) is 42.6 Å². The Bertz CT molecular complexity index is 444. The minimum Gasteiger partial charge on any atom is -0.384 e. The summed E-state index contributed by atoms with van der Waals surface area (Å²) in [6.07, 6.45) is 1.95. The van der Waals surface area contributed by atoms with Crippen LogP contribution in [0.15, 0.2) is 6.07 Å². The molecule has 0 unspecified atom stereocenters. The predicted octanol–water partition coefficient (Wildman–Crippen LogP) is 1.79. The van der Waals surface area contributed by atoms with Crippen molar-refractivity contribution in [1.29, 1.82) is 0 Å². The van der Waals surface area contributed by atoms with Crippen LogP contribution in [0.2, 0.25) is 0 Å². The lowest BCUT2D eigenvalue weighted by atomic mass is 9.90. The molecular weight excluding hydrogens is 250 g/mol. The number of rotatable bonds is 3. The molecule has 0 aromatic carbocycles. The number of hydrogen-bond donors (Lipinski definition) is 1. The smallest absolute Gasteiger partial charge is 0.134 e. The largest absolute Gasteiger partial charge is 0.384 e. The van der Waals surface area contributed by atoms with Crippen molar-refractivity contribution < 1.29 is 0 Å². The summed E-state index contributed by atoms with van der Waals surface area (Å²) in [4.78, 5) is 13.7. The first-order chi connectivity index (χ1) is 9.33. The molecule has 5 nitrogen and oxygen atoms in total. The third-order valence-electron chi connectivity index (χ3n) is 3.70. The Labute approximate surface area is 122 Å². The van der Waals surface area contributed by atoms with E-state index in [0.717, 1.165) is 50.7 Å². The lowest BCUT2D eigenvalue weighted by Crippen LogP contribution is -2.45.